The molecule has 0 amide bonds. The molecule has 1 N–H and O–H groups in total. The van der Waals surface area contributed by atoms with Crippen LogP contribution in [0.4, 0.5) is 20.2 Å². The fourth-order valence-electron chi connectivity index (χ4n) is 3.08. The normalized spacial score (nSPS) is 11.8. The Morgan fingerprint density at radius 1 is 1.27 bits per heavy atom. The van der Waals surface area contributed by atoms with Crippen LogP contribution in [-0.4, -0.2) is 36.2 Å². The van der Waals surface area contributed by atoms with Crippen LogP contribution in [0.5, 0.6) is 5.75 Å². The summed E-state index contributed by atoms with van der Waals surface area (Å²) in [4.78, 5) is 12.6. The minimum Gasteiger partial charge on any atom is -0.494 e. The van der Waals surface area contributed by atoms with Crippen molar-refractivity contribution in [2.24, 2.45) is 7.05 Å². The fraction of sp³-hybridized carbons (Fsp3) is 0.176. The zero-order chi connectivity index (χ0) is 21.4. The van der Waals surface area contributed by atoms with Gasteiger partial charge >= 0.3 is 0 Å². The van der Waals surface area contributed by atoms with Crippen molar-refractivity contribution in [1.29, 1.82) is 0 Å². The molecule has 0 saturated carbocycles. The number of halogens is 4. The highest BCUT2D eigenvalue weighted by Crippen LogP contribution is 2.41. The Kier molecular flexibility index (Phi) is 6.03. The SMILES string of the molecule is COc1c(Nc2cc(Cl)nc3c2nc(C(F)F)n3PI)cccc1-c1ncnn1C. The number of nitrogens with one attached hydrogen (secondary N) is 1. The lowest BCUT2D eigenvalue weighted by Crippen LogP contribution is -2.01. The van der Waals surface area contributed by atoms with E-state index in [9.17, 15) is 8.78 Å². The maximum Gasteiger partial charge on any atom is 0.295 e. The van der Waals surface area contributed by atoms with Crippen molar-refractivity contribution in [1.82, 2.24) is 29.1 Å². The van der Waals surface area contributed by atoms with Crippen LogP contribution in [0, 0.1) is 0 Å². The van der Waals surface area contributed by atoms with Gasteiger partial charge in [0, 0.05) is 13.1 Å². The van der Waals surface area contributed by atoms with Crippen LogP contribution >= 0.6 is 40.0 Å². The average molecular weight is 564 g/mol. The van der Waals surface area contributed by atoms with Crippen LogP contribution in [0.2, 0.25) is 5.15 Å². The number of methoxy groups -OCH3 is 1. The van der Waals surface area contributed by atoms with E-state index in [0.29, 0.717) is 34.0 Å². The molecule has 1 atom stereocenters. The van der Waals surface area contributed by atoms with E-state index >= 15 is 0 Å². The number of hydrogen-bond donors (Lipinski definition) is 1. The van der Waals surface area contributed by atoms with E-state index in [1.807, 2.05) is 34.2 Å². The van der Waals surface area contributed by atoms with Gasteiger partial charge in [-0.1, -0.05) is 17.7 Å². The van der Waals surface area contributed by atoms with E-state index < -0.39 is 6.43 Å². The maximum absolute atomic E-state index is 13.5. The number of benzene rings is 1. The number of anilines is 2. The van der Waals surface area contributed by atoms with Crippen molar-refractivity contribution >= 4 is 62.6 Å². The van der Waals surface area contributed by atoms with Gasteiger partial charge < -0.3 is 10.1 Å². The molecule has 0 saturated heterocycles. The van der Waals surface area contributed by atoms with Gasteiger partial charge in [-0.15, -0.1) is 0 Å². The highest BCUT2D eigenvalue weighted by molar-refractivity contribution is 14.2. The van der Waals surface area contributed by atoms with Crippen molar-refractivity contribution in [2.45, 2.75) is 6.43 Å². The first-order chi connectivity index (χ1) is 14.4. The number of imidazole rings is 1. The first-order valence-electron chi connectivity index (χ1n) is 8.46. The van der Waals surface area contributed by atoms with E-state index in [2.05, 4.69) is 25.4 Å². The van der Waals surface area contributed by atoms with Gasteiger partial charge in [0.05, 0.1) is 30.4 Å². The minimum atomic E-state index is -2.73. The molecule has 0 radical (unpaired) electrons. The number of ether oxygens (including phenoxy) is 1. The molecule has 4 aromatic rings. The van der Waals surface area contributed by atoms with Gasteiger partial charge in [-0.25, -0.2) is 28.4 Å². The number of rotatable bonds is 6. The second-order valence-corrected chi connectivity index (χ2v) is 8.52. The molecule has 1 aromatic carbocycles. The van der Waals surface area contributed by atoms with Gasteiger partial charge in [0.15, 0.2) is 23.0 Å². The summed E-state index contributed by atoms with van der Waals surface area (Å²) >= 11 is 8.19. The molecule has 156 valence electrons. The fourth-order valence-corrected chi connectivity index (χ4v) is 5.16. The molecule has 0 spiro atoms. The van der Waals surface area contributed by atoms with Crippen molar-refractivity contribution in [3.8, 4) is 17.1 Å². The van der Waals surface area contributed by atoms with E-state index in [1.54, 1.807) is 23.9 Å². The summed E-state index contributed by atoms with van der Waals surface area (Å²) in [5.41, 5.74) is 2.33. The molecule has 8 nitrogen and oxygen atoms in total. The Morgan fingerprint density at radius 2 is 2.07 bits per heavy atom. The quantitative estimate of drug-likeness (QED) is 0.193. The average Bonchev–Trinajstić information content (AvgIpc) is 3.31. The third kappa shape index (κ3) is 3.69. The van der Waals surface area contributed by atoms with Crippen molar-refractivity contribution < 1.29 is 13.5 Å². The monoisotopic (exact) mass is 563 g/mol. The summed E-state index contributed by atoms with van der Waals surface area (Å²) in [5.74, 6) is 0.776. The third-order valence-electron chi connectivity index (χ3n) is 4.33. The predicted molar refractivity (Wildman–Crippen MR) is 122 cm³/mol. The maximum atomic E-state index is 13.5. The molecular formula is C17H14ClF2IN7OP. The standard InChI is InChI=1S/C17H14ClF2IN7OP/c1-27-15(22-7-23-27)8-4-3-5-9(13(8)29-2)24-10-6-11(18)25-16-12(10)26-17(14(19)20)28(16)30-21/h3-7,14,30H,1-2H3,(H,24,25). The Labute approximate surface area is 189 Å². The van der Waals surface area contributed by atoms with Crippen LogP contribution in [0.3, 0.4) is 0 Å². The lowest BCUT2D eigenvalue weighted by atomic mass is 10.1. The molecule has 0 aliphatic rings. The number of hydrogen-bond acceptors (Lipinski definition) is 6. The van der Waals surface area contributed by atoms with Gasteiger partial charge in [0.25, 0.3) is 6.43 Å². The van der Waals surface area contributed by atoms with Gasteiger partial charge in [-0.3, -0.25) is 4.34 Å². The first-order valence-corrected chi connectivity index (χ1v) is 12.9. The zero-order valence-corrected chi connectivity index (χ0v) is 19.5. The molecule has 0 aliphatic carbocycles. The molecule has 3 aromatic heterocycles. The van der Waals surface area contributed by atoms with E-state index in [-0.39, 0.29) is 23.0 Å². The third-order valence-corrected chi connectivity index (χ3v) is 6.58. The molecular weight excluding hydrogens is 550 g/mol. The lowest BCUT2D eigenvalue weighted by Gasteiger charge is -2.15. The molecule has 0 fully saturated rings. The highest BCUT2D eigenvalue weighted by atomic mass is 127. The Bertz CT molecular complexity index is 1230. The van der Waals surface area contributed by atoms with Crippen molar-refractivity contribution in [3.05, 3.63) is 41.6 Å². The molecule has 0 aliphatic heterocycles. The molecule has 4 rings (SSSR count). The number of fused-ring (bicyclic) bond motifs is 1. The molecule has 13 heteroatoms. The topological polar surface area (TPSA) is 82.7 Å². The summed E-state index contributed by atoms with van der Waals surface area (Å²) in [6.07, 6.45) is -1.29. The number of aryl methyl sites for hydroxylation is 1. The predicted octanol–water partition coefficient (Wildman–Crippen LogP) is 5.36. The van der Waals surface area contributed by atoms with Crippen LogP contribution in [-0.2, 0) is 7.05 Å². The van der Waals surface area contributed by atoms with E-state index in [4.69, 9.17) is 16.3 Å². The zero-order valence-electron chi connectivity index (χ0n) is 15.6. The number of para-hydroxylation sites is 1. The van der Waals surface area contributed by atoms with Crippen LogP contribution < -0.4 is 10.1 Å². The van der Waals surface area contributed by atoms with Crippen LogP contribution in [0.25, 0.3) is 22.6 Å². The Morgan fingerprint density at radius 3 is 2.70 bits per heavy atom. The summed E-state index contributed by atoms with van der Waals surface area (Å²) in [7, 11) is 3.31. The first kappa shape index (κ1) is 21.1. The number of alkyl halides is 2. The van der Waals surface area contributed by atoms with Crippen molar-refractivity contribution in [3.63, 3.8) is 0 Å². The number of pyridine rings is 1. The largest absolute Gasteiger partial charge is 0.494 e. The van der Waals surface area contributed by atoms with Gasteiger partial charge in [0.2, 0.25) is 0 Å². The highest BCUT2D eigenvalue weighted by Gasteiger charge is 2.23. The lowest BCUT2D eigenvalue weighted by molar-refractivity contribution is 0.140. The van der Waals surface area contributed by atoms with Crippen LogP contribution in [0.1, 0.15) is 12.2 Å². The molecule has 0 bridgehead atoms. The molecule has 30 heavy (non-hydrogen) atoms. The molecule has 3 heterocycles. The summed E-state index contributed by atoms with van der Waals surface area (Å²) < 4.78 is 35.6. The summed E-state index contributed by atoms with van der Waals surface area (Å²) in [6.45, 7) is 0. The van der Waals surface area contributed by atoms with Gasteiger partial charge in [-0.05, 0) is 34.2 Å². The minimum absolute atomic E-state index is 0.00788. The second-order valence-electron chi connectivity index (χ2n) is 6.07. The van der Waals surface area contributed by atoms with Gasteiger partial charge in [0.1, 0.15) is 17.0 Å². The van der Waals surface area contributed by atoms with E-state index in [1.165, 1.54) is 17.8 Å². The van der Waals surface area contributed by atoms with Gasteiger partial charge in [-0.2, -0.15) is 5.10 Å². The number of aromatic nitrogens is 6. The summed E-state index contributed by atoms with van der Waals surface area (Å²) in [5, 5.41) is 7.46. The summed E-state index contributed by atoms with van der Waals surface area (Å²) in [6, 6.07) is 7.01. The Hall–Kier alpha value is -2.11. The van der Waals surface area contributed by atoms with Crippen LogP contribution in [0.15, 0.2) is 30.6 Å². The molecule has 1 unspecified atom stereocenters. The Balaban J connectivity index is 1.87. The number of nitrogens with zero attached hydrogens (tertiary/aromatic N) is 6. The van der Waals surface area contributed by atoms with E-state index in [0.717, 1.165) is 0 Å². The second kappa shape index (κ2) is 8.56. The van der Waals surface area contributed by atoms with Crippen molar-refractivity contribution in [2.75, 3.05) is 12.4 Å². The smallest absolute Gasteiger partial charge is 0.295 e.